The van der Waals surface area contributed by atoms with E-state index in [1.807, 2.05) is 0 Å². The van der Waals surface area contributed by atoms with Crippen LogP contribution in [0.25, 0.3) is 22.5 Å². The molecule has 2 aliphatic heterocycles. The number of ether oxygens (including phenoxy) is 6. The lowest BCUT2D eigenvalue weighted by molar-refractivity contribution is 0.0515. The van der Waals surface area contributed by atoms with E-state index in [2.05, 4.69) is 9.97 Å². The van der Waals surface area contributed by atoms with Crippen LogP contribution in [0.15, 0.2) is 46.7 Å². The number of aromatic nitrogens is 4. The van der Waals surface area contributed by atoms with Gasteiger partial charge in [0.2, 0.25) is 13.6 Å². The Balaban J connectivity index is 1.36. The molecular formula is C30H26N4O8S2. The van der Waals surface area contributed by atoms with Crippen LogP contribution in [0.4, 0.5) is 0 Å². The van der Waals surface area contributed by atoms with Gasteiger partial charge in [0.05, 0.1) is 36.0 Å². The maximum absolute atomic E-state index is 13.0. The van der Waals surface area contributed by atoms with Crippen LogP contribution in [0.2, 0.25) is 0 Å². The van der Waals surface area contributed by atoms with Crippen molar-refractivity contribution in [2.45, 2.75) is 38.0 Å². The molecule has 0 spiro atoms. The van der Waals surface area contributed by atoms with Gasteiger partial charge in [0.15, 0.2) is 33.3 Å². The second kappa shape index (κ2) is 12.6. The van der Waals surface area contributed by atoms with Gasteiger partial charge in [-0.25, -0.2) is 29.5 Å². The Hall–Kier alpha value is -4.56. The molecule has 4 heterocycles. The Morgan fingerprint density at radius 2 is 1.07 bits per heavy atom. The maximum atomic E-state index is 13.0. The van der Waals surface area contributed by atoms with Crippen molar-refractivity contribution in [1.82, 2.24) is 19.9 Å². The molecule has 0 fully saturated rings. The zero-order valence-corrected chi connectivity index (χ0v) is 25.8. The van der Waals surface area contributed by atoms with Crippen LogP contribution >= 0.6 is 21.6 Å². The first kappa shape index (κ1) is 29.5. The average molecular weight is 635 g/mol. The van der Waals surface area contributed by atoms with Crippen molar-refractivity contribution >= 4 is 33.5 Å². The zero-order valence-electron chi connectivity index (χ0n) is 24.2. The Morgan fingerprint density at radius 3 is 1.48 bits per heavy atom. The standard InChI is InChI=1S/C30H26N4O8S2/c1-5-37-27(35)23-15(3)31-29(33-25(23)17-7-9-19-21(11-17)41-13-39-19)43-44-30-32-16(4)24(28(36)38-6-2)26(34-30)18-8-10-20-22(12-18)42-14-40-20/h7-12H,5-6,13-14H2,1-4H3. The fourth-order valence-corrected chi connectivity index (χ4v) is 6.29. The third-order valence-electron chi connectivity index (χ3n) is 6.58. The molecule has 0 N–H and O–H groups in total. The summed E-state index contributed by atoms with van der Waals surface area (Å²) in [5.41, 5.74) is 3.50. The molecule has 0 atom stereocenters. The molecule has 14 heteroatoms. The minimum absolute atomic E-state index is 0.118. The third-order valence-corrected chi connectivity index (χ3v) is 8.47. The fraction of sp³-hybridized carbons (Fsp3) is 0.267. The van der Waals surface area contributed by atoms with Gasteiger partial charge in [-0.2, -0.15) is 0 Å². The monoisotopic (exact) mass is 634 g/mol. The summed E-state index contributed by atoms with van der Waals surface area (Å²) in [7, 11) is 2.43. The summed E-state index contributed by atoms with van der Waals surface area (Å²) in [4.78, 5) is 44.5. The Labute approximate surface area is 260 Å². The van der Waals surface area contributed by atoms with E-state index in [9.17, 15) is 9.59 Å². The van der Waals surface area contributed by atoms with Crippen molar-refractivity contribution in [1.29, 1.82) is 0 Å². The average Bonchev–Trinajstić information content (AvgIpc) is 3.68. The molecule has 0 radical (unpaired) electrons. The summed E-state index contributed by atoms with van der Waals surface area (Å²) in [5, 5.41) is 0.738. The molecule has 2 aromatic heterocycles. The molecule has 12 nitrogen and oxygen atoms in total. The molecule has 0 amide bonds. The Morgan fingerprint density at radius 1 is 0.659 bits per heavy atom. The molecule has 0 unspecified atom stereocenters. The van der Waals surface area contributed by atoms with Crippen LogP contribution in [0.3, 0.4) is 0 Å². The molecule has 0 aliphatic carbocycles. The molecule has 0 bridgehead atoms. The topological polar surface area (TPSA) is 141 Å². The third kappa shape index (κ3) is 5.82. The predicted octanol–water partition coefficient (Wildman–Crippen LogP) is 5.83. The van der Waals surface area contributed by atoms with Crippen molar-refractivity contribution in [3.8, 4) is 45.5 Å². The number of carbonyl (C=O) groups is 2. The minimum atomic E-state index is -0.524. The van der Waals surface area contributed by atoms with Gasteiger partial charge in [-0.15, -0.1) is 0 Å². The highest BCUT2D eigenvalue weighted by molar-refractivity contribution is 8.76. The molecule has 0 saturated heterocycles. The number of rotatable bonds is 9. The molecule has 6 rings (SSSR count). The summed E-state index contributed by atoms with van der Waals surface area (Å²) >= 11 is 0. The fourth-order valence-electron chi connectivity index (χ4n) is 4.64. The molecule has 2 aromatic carbocycles. The number of hydrogen-bond acceptors (Lipinski definition) is 14. The SMILES string of the molecule is CCOC(=O)c1c(C)nc(SSc2nc(C)c(C(=O)OCC)c(-c3ccc4c(c3)OCO4)n2)nc1-c1ccc2c(c1)OCO2. The van der Waals surface area contributed by atoms with Crippen molar-refractivity contribution in [2.75, 3.05) is 26.8 Å². The lowest BCUT2D eigenvalue weighted by atomic mass is 10.0. The number of fused-ring (bicyclic) bond motifs is 2. The number of hydrogen-bond donors (Lipinski definition) is 0. The van der Waals surface area contributed by atoms with Gasteiger partial charge in [0, 0.05) is 11.1 Å². The van der Waals surface area contributed by atoms with Gasteiger partial charge >= 0.3 is 11.9 Å². The predicted molar refractivity (Wildman–Crippen MR) is 160 cm³/mol. The highest BCUT2D eigenvalue weighted by Gasteiger charge is 2.26. The Kier molecular flexibility index (Phi) is 8.44. The summed E-state index contributed by atoms with van der Waals surface area (Å²) < 4.78 is 32.6. The normalized spacial score (nSPS) is 12.7. The number of aryl methyl sites for hydroxylation is 2. The quantitative estimate of drug-likeness (QED) is 0.124. The van der Waals surface area contributed by atoms with Crippen molar-refractivity contribution in [2.24, 2.45) is 0 Å². The number of nitrogens with zero attached hydrogens (tertiary/aromatic N) is 4. The minimum Gasteiger partial charge on any atom is -0.462 e. The van der Waals surface area contributed by atoms with Gasteiger partial charge in [-0.3, -0.25) is 0 Å². The molecule has 226 valence electrons. The lowest BCUT2D eigenvalue weighted by Gasteiger charge is -2.14. The van der Waals surface area contributed by atoms with Gasteiger partial charge < -0.3 is 28.4 Å². The van der Waals surface area contributed by atoms with E-state index in [0.717, 1.165) is 0 Å². The van der Waals surface area contributed by atoms with Crippen LogP contribution in [-0.4, -0.2) is 58.7 Å². The highest BCUT2D eigenvalue weighted by atomic mass is 33.1. The second-order valence-electron chi connectivity index (χ2n) is 9.37. The second-order valence-corrected chi connectivity index (χ2v) is 11.4. The van der Waals surface area contributed by atoms with E-state index >= 15 is 0 Å². The Bertz CT molecular complexity index is 1660. The van der Waals surface area contributed by atoms with E-state index in [-0.39, 0.29) is 37.9 Å². The van der Waals surface area contributed by atoms with Crippen molar-refractivity contribution in [3.63, 3.8) is 0 Å². The van der Waals surface area contributed by atoms with Crippen molar-refractivity contribution in [3.05, 3.63) is 58.9 Å². The van der Waals surface area contributed by atoms with Crippen LogP contribution in [0.1, 0.15) is 46.0 Å². The summed E-state index contributed by atoms with van der Waals surface area (Å²) in [5.74, 6) is 1.28. The molecule has 0 saturated carbocycles. The van der Waals surface area contributed by atoms with E-state index in [1.54, 1.807) is 64.1 Å². The van der Waals surface area contributed by atoms with Gasteiger partial charge in [-0.05, 0) is 85.7 Å². The number of benzene rings is 2. The first-order valence-corrected chi connectivity index (χ1v) is 15.8. The van der Waals surface area contributed by atoms with Crippen LogP contribution in [0, 0.1) is 13.8 Å². The summed E-state index contributed by atoms with van der Waals surface area (Å²) in [6, 6.07) is 10.7. The summed E-state index contributed by atoms with van der Waals surface area (Å²) in [6.45, 7) is 7.58. The molecular weight excluding hydrogens is 608 g/mol. The smallest absolute Gasteiger partial charge is 0.342 e. The summed E-state index contributed by atoms with van der Waals surface area (Å²) in [6.07, 6.45) is 0. The first-order chi connectivity index (χ1) is 21.4. The number of carbonyl (C=O) groups excluding carboxylic acids is 2. The largest absolute Gasteiger partial charge is 0.462 e. The molecule has 2 aliphatic rings. The van der Waals surface area contributed by atoms with E-state index in [4.69, 9.17) is 38.4 Å². The van der Waals surface area contributed by atoms with Crippen LogP contribution in [-0.2, 0) is 9.47 Å². The number of esters is 2. The first-order valence-electron chi connectivity index (χ1n) is 13.6. The molecule has 4 aromatic rings. The maximum Gasteiger partial charge on any atom is 0.342 e. The lowest BCUT2D eigenvalue weighted by Crippen LogP contribution is -2.12. The van der Waals surface area contributed by atoms with Crippen LogP contribution < -0.4 is 18.9 Å². The van der Waals surface area contributed by atoms with E-state index < -0.39 is 11.9 Å². The van der Waals surface area contributed by atoms with Gasteiger partial charge in [0.25, 0.3) is 0 Å². The zero-order chi connectivity index (χ0) is 30.8. The van der Waals surface area contributed by atoms with E-state index in [0.29, 0.717) is 67.2 Å². The van der Waals surface area contributed by atoms with E-state index in [1.165, 1.54) is 21.6 Å². The van der Waals surface area contributed by atoms with Gasteiger partial charge in [-0.1, -0.05) is 0 Å². The molecule has 44 heavy (non-hydrogen) atoms. The van der Waals surface area contributed by atoms with Gasteiger partial charge in [0.1, 0.15) is 11.1 Å². The van der Waals surface area contributed by atoms with Crippen LogP contribution in [0.5, 0.6) is 23.0 Å². The van der Waals surface area contributed by atoms with Crippen molar-refractivity contribution < 1.29 is 38.0 Å². The highest BCUT2D eigenvalue weighted by Crippen LogP contribution is 2.41.